The van der Waals surface area contributed by atoms with Crippen molar-refractivity contribution >= 4 is 34.2 Å². The summed E-state index contributed by atoms with van der Waals surface area (Å²) in [5, 5.41) is 4.56. The molecule has 0 aliphatic heterocycles. The van der Waals surface area contributed by atoms with Crippen LogP contribution < -0.4 is 10.1 Å². The molecular weight excluding hydrogens is 410 g/mol. The van der Waals surface area contributed by atoms with E-state index < -0.39 is 24.5 Å². The number of nitrogens with one attached hydrogen (secondary N) is 1. The summed E-state index contributed by atoms with van der Waals surface area (Å²) in [6, 6.07) is 9.69. The summed E-state index contributed by atoms with van der Waals surface area (Å²) in [6.45, 7) is 1.36. The molecule has 0 saturated carbocycles. The van der Waals surface area contributed by atoms with E-state index in [0.29, 0.717) is 17.1 Å². The van der Waals surface area contributed by atoms with Crippen molar-refractivity contribution in [3.05, 3.63) is 59.2 Å². The molecule has 2 aromatic heterocycles. The van der Waals surface area contributed by atoms with E-state index in [4.69, 9.17) is 18.6 Å². The molecule has 3 aromatic rings. The molecule has 2 heterocycles. The van der Waals surface area contributed by atoms with Gasteiger partial charge in [-0.15, -0.1) is 11.3 Å². The second kappa shape index (κ2) is 9.75. The molecule has 0 bridgehead atoms. The van der Waals surface area contributed by atoms with Crippen LogP contribution in [0.5, 0.6) is 5.75 Å². The highest BCUT2D eigenvalue weighted by atomic mass is 32.1. The van der Waals surface area contributed by atoms with E-state index in [0.717, 1.165) is 11.3 Å². The van der Waals surface area contributed by atoms with Gasteiger partial charge in [0.05, 0.1) is 25.5 Å². The molecule has 0 saturated heterocycles. The Morgan fingerprint density at radius 3 is 2.47 bits per heavy atom. The van der Waals surface area contributed by atoms with Gasteiger partial charge < -0.3 is 23.9 Å². The average molecular weight is 429 g/mol. The van der Waals surface area contributed by atoms with E-state index in [9.17, 15) is 14.4 Å². The molecule has 9 heteroatoms. The minimum Gasteiger partial charge on any atom is -0.497 e. The molecule has 0 radical (unpaired) electrons. The highest BCUT2D eigenvalue weighted by Crippen LogP contribution is 2.36. The van der Waals surface area contributed by atoms with Gasteiger partial charge in [-0.1, -0.05) is 0 Å². The number of hydrogen-bond donors (Lipinski definition) is 1. The van der Waals surface area contributed by atoms with Gasteiger partial charge in [-0.2, -0.15) is 0 Å². The van der Waals surface area contributed by atoms with E-state index in [-0.39, 0.29) is 22.7 Å². The van der Waals surface area contributed by atoms with Crippen molar-refractivity contribution in [2.75, 3.05) is 25.6 Å². The quantitative estimate of drug-likeness (QED) is 0.540. The molecule has 0 aliphatic carbocycles. The maximum absolute atomic E-state index is 12.4. The molecule has 1 N–H and O–H groups in total. The Bertz CT molecular complexity index is 1020. The summed E-state index contributed by atoms with van der Waals surface area (Å²) in [7, 11) is 1.52. The van der Waals surface area contributed by atoms with Crippen LogP contribution in [0.2, 0.25) is 0 Å². The number of amides is 1. The second-order valence-electron chi connectivity index (χ2n) is 5.90. The fourth-order valence-corrected chi connectivity index (χ4v) is 3.53. The minimum atomic E-state index is -0.652. The van der Waals surface area contributed by atoms with Crippen LogP contribution in [0.1, 0.15) is 27.6 Å². The molecule has 0 spiro atoms. The molecule has 0 fully saturated rings. The Kier molecular flexibility index (Phi) is 6.87. The summed E-state index contributed by atoms with van der Waals surface area (Å²) in [6.07, 6.45) is 1.48. The SMILES string of the molecule is CCOC(=O)c1c(-c2ccco2)csc1NC(=O)COC(=O)c1ccc(OC)cc1. The molecule has 0 atom stereocenters. The number of furan rings is 1. The fourth-order valence-electron chi connectivity index (χ4n) is 2.57. The maximum Gasteiger partial charge on any atom is 0.341 e. The minimum absolute atomic E-state index is 0.180. The predicted molar refractivity (Wildman–Crippen MR) is 110 cm³/mol. The van der Waals surface area contributed by atoms with Crippen molar-refractivity contribution in [1.29, 1.82) is 0 Å². The maximum atomic E-state index is 12.4. The van der Waals surface area contributed by atoms with Gasteiger partial charge in [0.2, 0.25) is 0 Å². The van der Waals surface area contributed by atoms with Crippen molar-refractivity contribution < 1.29 is 33.0 Å². The lowest BCUT2D eigenvalue weighted by Crippen LogP contribution is -2.21. The molecule has 0 aliphatic rings. The van der Waals surface area contributed by atoms with E-state index in [2.05, 4.69) is 5.32 Å². The fraction of sp³-hybridized carbons (Fsp3) is 0.190. The van der Waals surface area contributed by atoms with Gasteiger partial charge >= 0.3 is 11.9 Å². The highest BCUT2D eigenvalue weighted by molar-refractivity contribution is 7.15. The number of carbonyl (C=O) groups is 3. The number of benzene rings is 1. The zero-order valence-electron chi connectivity index (χ0n) is 16.3. The van der Waals surface area contributed by atoms with Crippen LogP contribution in [-0.2, 0) is 14.3 Å². The number of esters is 2. The summed E-state index contributed by atoms with van der Waals surface area (Å²) >= 11 is 1.14. The Hall–Kier alpha value is -3.59. The number of rotatable bonds is 8. The molecule has 3 rings (SSSR count). The monoisotopic (exact) mass is 429 g/mol. The van der Waals surface area contributed by atoms with Crippen LogP contribution in [0.4, 0.5) is 5.00 Å². The number of anilines is 1. The highest BCUT2D eigenvalue weighted by Gasteiger charge is 2.24. The first kappa shape index (κ1) is 21.1. The van der Waals surface area contributed by atoms with E-state index in [1.54, 1.807) is 36.6 Å². The normalized spacial score (nSPS) is 10.3. The van der Waals surface area contributed by atoms with Gasteiger partial charge in [0.15, 0.2) is 6.61 Å². The molecule has 8 nitrogen and oxygen atoms in total. The zero-order valence-corrected chi connectivity index (χ0v) is 17.1. The summed E-state index contributed by atoms with van der Waals surface area (Å²) in [5.74, 6) is -0.756. The lowest BCUT2D eigenvalue weighted by Gasteiger charge is -2.08. The van der Waals surface area contributed by atoms with Crippen molar-refractivity contribution in [3.8, 4) is 17.1 Å². The summed E-state index contributed by atoms with van der Waals surface area (Å²) < 4.78 is 20.5. The van der Waals surface area contributed by atoms with Crippen molar-refractivity contribution in [2.45, 2.75) is 6.92 Å². The summed E-state index contributed by atoms with van der Waals surface area (Å²) in [5.41, 5.74) is 0.979. The topological polar surface area (TPSA) is 104 Å². The first-order valence-electron chi connectivity index (χ1n) is 8.97. The van der Waals surface area contributed by atoms with Crippen molar-refractivity contribution in [3.63, 3.8) is 0 Å². The third kappa shape index (κ3) is 4.87. The van der Waals surface area contributed by atoms with Gasteiger partial charge in [-0.05, 0) is 43.3 Å². The van der Waals surface area contributed by atoms with Crippen molar-refractivity contribution in [1.82, 2.24) is 0 Å². The molecule has 1 amide bonds. The van der Waals surface area contributed by atoms with Crippen LogP contribution in [0.15, 0.2) is 52.5 Å². The van der Waals surface area contributed by atoms with Gasteiger partial charge in [0, 0.05) is 10.9 Å². The lowest BCUT2D eigenvalue weighted by molar-refractivity contribution is -0.119. The van der Waals surface area contributed by atoms with Crippen LogP contribution >= 0.6 is 11.3 Å². The first-order chi connectivity index (χ1) is 14.5. The van der Waals surface area contributed by atoms with Gasteiger partial charge in [-0.25, -0.2) is 9.59 Å². The number of ether oxygens (including phenoxy) is 3. The lowest BCUT2D eigenvalue weighted by atomic mass is 10.1. The molecular formula is C21H19NO7S. The van der Waals surface area contributed by atoms with Crippen LogP contribution in [-0.4, -0.2) is 38.2 Å². The van der Waals surface area contributed by atoms with E-state index in [1.807, 2.05) is 0 Å². The van der Waals surface area contributed by atoms with Gasteiger partial charge in [0.1, 0.15) is 22.1 Å². The van der Waals surface area contributed by atoms with Gasteiger partial charge in [-0.3, -0.25) is 4.79 Å². The number of hydrogen-bond acceptors (Lipinski definition) is 8. The smallest absolute Gasteiger partial charge is 0.341 e. The standard InChI is InChI=1S/C21H19NO7S/c1-3-27-21(25)18-15(16-5-4-10-28-16)12-30-19(18)22-17(23)11-29-20(24)13-6-8-14(26-2)9-7-13/h4-10,12H,3,11H2,1-2H3,(H,22,23). The van der Waals surface area contributed by atoms with Crippen LogP contribution in [0.25, 0.3) is 11.3 Å². The van der Waals surface area contributed by atoms with Crippen molar-refractivity contribution in [2.24, 2.45) is 0 Å². The van der Waals surface area contributed by atoms with Crippen LogP contribution in [0, 0.1) is 0 Å². The third-order valence-corrected chi connectivity index (χ3v) is 4.87. The Labute approximate surface area is 176 Å². The van der Waals surface area contributed by atoms with Gasteiger partial charge in [0.25, 0.3) is 5.91 Å². The van der Waals surface area contributed by atoms with E-state index in [1.165, 1.54) is 25.5 Å². The predicted octanol–water partition coefficient (Wildman–Crippen LogP) is 3.99. The third-order valence-electron chi connectivity index (χ3n) is 3.97. The second-order valence-corrected chi connectivity index (χ2v) is 6.78. The Morgan fingerprint density at radius 2 is 1.83 bits per heavy atom. The Balaban J connectivity index is 1.68. The summed E-state index contributed by atoms with van der Waals surface area (Å²) in [4.78, 5) is 36.8. The van der Waals surface area contributed by atoms with E-state index >= 15 is 0 Å². The number of thiophene rings is 1. The first-order valence-corrected chi connectivity index (χ1v) is 9.85. The van der Waals surface area contributed by atoms with Crippen LogP contribution in [0.3, 0.4) is 0 Å². The average Bonchev–Trinajstić information content (AvgIpc) is 3.42. The molecule has 0 unspecified atom stereocenters. The number of carbonyl (C=O) groups excluding carboxylic acids is 3. The molecule has 30 heavy (non-hydrogen) atoms. The largest absolute Gasteiger partial charge is 0.497 e. The molecule has 156 valence electrons. The zero-order chi connectivity index (χ0) is 21.5. The Morgan fingerprint density at radius 1 is 1.07 bits per heavy atom. The molecule has 1 aromatic carbocycles. The number of methoxy groups -OCH3 is 1.